The van der Waals surface area contributed by atoms with Crippen LogP contribution in [0.1, 0.15) is 30.5 Å². The number of amides is 1. The zero-order chi connectivity index (χ0) is 16.7. The van der Waals surface area contributed by atoms with Crippen molar-refractivity contribution in [2.24, 2.45) is 0 Å². The Labute approximate surface area is 138 Å². The van der Waals surface area contributed by atoms with E-state index in [1.807, 2.05) is 37.2 Å². The Balaban J connectivity index is 2.00. The minimum Gasteiger partial charge on any atom is -0.347 e. The van der Waals surface area contributed by atoms with Gasteiger partial charge >= 0.3 is 0 Å². The number of H-pyrrole nitrogens is 1. The van der Waals surface area contributed by atoms with E-state index in [1.165, 1.54) is 5.56 Å². The van der Waals surface area contributed by atoms with E-state index in [-0.39, 0.29) is 11.8 Å². The van der Waals surface area contributed by atoms with Crippen LogP contribution in [-0.2, 0) is 11.3 Å². The van der Waals surface area contributed by atoms with E-state index in [9.17, 15) is 4.79 Å². The predicted molar refractivity (Wildman–Crippen MR) is 92.0 cm³/mol. The summed E-state index contributed by atoms with van der Waals surface area (Å²) < 4.78 is 0. The molecule has 1 aromatic carbocycles. The molecule has 0 radical (unpaired) electrons. The van der Waals surface area contributed by atoms with Crippen LogP contribution in [0.3, 0.4) is 0 Å². The first-order valence-corrected chi connectivity index (χ1v) is 8.01. The highest BCUT2D eigenvalue weighted by Crippen LogP contribution is 2.20. The van der Waals surface area contributed by atoms with E-state index in [0.29, 0.717) is 19.5 Å². The van der Waals surface area contributed by atoms with Gasteiger partial charge < -0.3 is 14.8 Å². The minimum absolute atomic E-state index is 0.179. The van der Waals surface area contributed by atoms with Gasteiger partial charge in [-0.05, 0) is 25.6 Å². The Morgan fingerprint density at radius 2 is 1.96 bits per heavy atom. The lowest BCUT2D eigenvalue weighted by atomic mass is 9.97. The van der Waals surface area contributed by atoms with Crippen LogP contribution in [0.25, 0.3) is 0 Å². The highest BCUT2D eigenvalue weighted by molar-refractivity contribution is 5.77. The highest BCUT2D eigenvalue weighted by Gasteiger charge is 2.18. The molecule has 0 bridgehead atoms. The predicted octanol–water partition coefficient (Wildman–Crippen LogP) is 2.49. The lowest BCUT2D eigenvalue weighted by molar-refractivity contribution is -0.132. The smallest absolute Gasteiger partial charge is 0.223 e. The number of nitrogens with zero attached hydrogens (tertiary/aromatic N) is 3. The van der Waals surface area contributed by atoms with Crippen LogP contribution in [0.2, 0.25) is 0 Å². The van der Waals surface area contributed by atoms with Crippen molar-refractivity contribution in [3.63, 3.8) is 0 Å². The largest absolute Gasteiger partial charge is 0.347 e. The Morgan fingerprint density at radius 1 is 1.22 bits per heavy atom. The third-order valence-electron chi connectivity index (χ3n) is 3.94. The first-order chi connectivity index (χ1) is 11.1. The van der Waals surface area contributed by atoms with Gasteiger partial charge in [0.05, 0.1) is 18.6 Å². The molecule has 1 amide bonds. The summed E-state index contributed by atoms with van der Waals surface area (Å²) in [5, 5.41) is 0. The van der Waals surface area contributed by atoms with Crippen molar-refractivity contribution in [1.29, 1.82) is 0 Å². The van der Waals surface area contributed by atoms with Gasteiger partial charge in [-0.3, -0.25) is 4.79 Å². The molecule has 0 aliphatic carbocycles. The van der Waals surface area contributed by atoms with Gasteiger partial charge in [0.1, 0.15) is 0 Å². The van der Waals surface area contributed by atoms with Crippen LogP contribution in [0.4, 0.5) is 0 Å². The fraction of sp³-hybridized carbons (Fsp3) is 0.444. The number of rotatable bonds is 8. The second-order valence-corrected chi connectivity index (χ2v) is 6.21. The number of aromatic amines is 1. The van der Waals surface area contributed by atoms with E-state index in [4.69, 9.17) is 0 Å². The van der Waals surface area contributed by atoms with Gasteiger partial charge in [-0.2, -0.15) is 0 Å². The molecule has 5 heteroatoms. The van der Waals surface area contributed by atoms with Gasteiger partial charge in [0.2, 0.25) is 5.91 Å². The Bertz CT molecular complexity index is 580. The van der Waals surface area contributed by atoms with Crippen molar-refractivity contribution in [3.8, 4) is 0 Å². The fourth-order valence-corrected chi connectivity index (χ4v) is 2.48. The van der Waals surface area contributed by atoms with Crippen LogP contribution in [0, 0.1) is 0 Å². The average Bonchev–Trinajstić information content (AvgIpc) is 3.05. The molecular weight excluding hydrogens is 288 g/mol. The maximum absolute atomic E-state index is 12.7. The molecule has 1 aromatic heterocycles. The lowest BCUT2D eigenvalue weighted by Gasteiger charge is -2.25. The molecule has 2 rings (SSSR count). The number of benzene rings is 1. The molecule has 1 unspecified atom stereocenters. The molecule has 1 atom stereocenters. The monoisotopic (exact) mass is 314 g/mol. The molecule has 0 aliphatic rings. The van der Waals surface area contributed by atoms with Crippen molar-refractivity contribution < 1.29 is 4.79 Å². The maximum Gasteiger partial charge on any atom is 0.223 e. The number of carbonyl (C=O) groups excluding carboxylic acids is 1. The fourth-order valence-electron chi connectivity index (χ4n) is 2.48. The molecule has 0 aliphatic heterocycles. The number of aromatic nitrogens is 2. The Hall–Kier alpha value is -2.14. The maximum atomic E-state index is 12.7. The van der Waals surface area contributed by atoms with Crippen molar-refractivity contribution in [2.75, 3.05) is 27.2 Å². The molecule has 0 saturated heterocycles. The average molecular weight is 314 g/mol. The summed E-state index contributed by atoms with van der Waals surface area (Å²) in [6, 6.07) is 10.2. The number of likely N-dealkylation sites (N-methyl/N-ethyl adjacent to an activating group) is 1. The van der Waals surface area contributed by atoms with Gasteiger partial charge in [-0.15, -0.1) is 0 Å². The highest BCUT2D eigenvalue weighted by atomic mass is 16.2. The van der Waals surface area contributed by atoms with Crippen LogP contribution in [0.5, 0.6) is 0 Å². The second kappa shape index (κ2) is 8.48. The topological polar surface area (TPSA) is 52.2 Å². The van der Waals surface area contributed by atoms with Gasteiger partial charge in [0.15, 0.2) is 0 Å². The molecule has 0 fully saturated rings. The van der Waals surface area contributed by atoms with E-state index >= 15 is 0 Å². The zero-order valence-corrected chi connectivity index (χ0v) is 14.2. The van der Waals surface area contributed by atoms with Gasteiger partial charge in [0, 0.05) is 25.7 Å². The molecule has 124 valence electrons. The number of nitrogens with one attached hydrogen (secondary N) is 1. The van der Waals surface area contributed by atoms with Crippen molar-refractivity contribution in [1.82, 2.24) is 19.8 Å². The third kappa shape index (κ3) is 5.53. The number of hydrogen-bond acceptors (Lipinski definition) is 3. The third-order valence-corrected chi connectivity index (χ3v) is 3.94. The van der Waals surface area contributed by atoms with E-state index in [1.54, 1.807) is 12.5 Å². The van der Waals surface area contributed by atoms with Crippen molar-refractivity contribution >= 4 is 5.91 Å². The summed E-state index contributed by atoms with van der Waals surface area (Å²) in [5.74, 6) is 0.394. The number of hydrogen-bond donors (Lipinski definition) is 1. The van der Waals surface area contributed by atoms with Crippen LogP contribution < -0.4 is 0 Å². The molecular formula is C18H26N4O. The molecule has 2 aromatic rings. The SMILES string of the molecule is CC(CC(=O)N(CCN(C)C)Cc1cnc[nH]1)c1ccccc1. The van der Waals surface area contributed by atoms with Crippen molar-refractivity contribution in [2.45, 2.75) is 25.8 Å². The summed E-state index contributed by atoms with van der Waals surface area (Å²) in [5.41, 5.74) is 2.17. The molecule has 0 saturated carbocycles. The molecule has 23 heavy (non-hydrogen) atoms. The Kier molecular flexibility index (Phi) is 6.35. The first-order valence-electron chi connectivity index (χ1n) is 8.01. The molecule has 1 N–H and O–H groups in total. The van der Waals surface area contributed by atoms with Gasteiger partial charge in [-0.25, -0.2) is 4.98 Å². The van der Waals surface area contributed by atoms with Gasteiger partial charge in [0.25, 0.3) is 0 Å². The normalized spacial score (nSPS) is 12.3. The summed E-state index contributed by atoms with van der Waals surface area (Å²) in [4.78, 5) is 23.9. The van der Waals surface area contributed by atoms with Crippen LogP contribution in [0.15, 0.2) is 42.9 Å². The zero-order valence-electron chi connectivity index (χ0n) is 14.2. The quantitative estimate of drug-likeness (QED) is 0.814. The standard InChI is InChI=1S/C18H26N4O/c1-15(16-7-5-4-6-8-16)11-18(23)22(10-9-21(2)3)13-17-12-19-14-20-17/h4-8,12,14-15H,9-11,13H2,1-3H3,(H,19,20). The summed E-state index contributed by atoms with van der Waals surface area (Å²) in [7, 11) is 4.04. The lowest BCUT2D eigenvalue weighted by Crippen LogP contribution is -2.36. The first kappa shape index (κ1) is 17.2. The minimum atomic E-state index is 0.179. The van der Waals surface area contributed by atoms with E-state index < -0.39 is 0 Å². The number of carbonyl (C=O) groups is 1. The van der Waals surface area contributed by atoms with Crippen LogP contribution in [-0.4, -0.2) is 52.9 Å². The summed E-state index contributed by atoms with van der Waals surface area (Å²) >= 11 is 0. The Morgan fingerprint density at radius 3 is 2.57 bits per heavy atom. The summed E-state index contributed by atoms with van der Waals surface area (Å²) in [6.45, 7) is 4.24. The van der Waals surface area contributed by atoms with Crippen molar-refractivity contribution in [3.05, 3.63) is 54.1 Å². The van der Waals surface area contributed by atoms with Gasteiger partial charge in [-0.1, -0.05) is 37.3 Å². The van der Waals surface area contributed by atoms with E-state index in [2.05, 4.69) is 33.9 Å². The summed E-state index contributed by atoms with van der Waals surface area (Å²) in [6.07, 6.45) is 3.94. The molecule has 1 heterocycles. The molecule has 5 nitrogen and oxygen atoms in total. The number of imidazole rings is 1. The van der Waals surface area contributed by atoms with Crippen LogP contribution >= 0.6 is 0 Å². The molecule has 0 spiro atoms. The second-order valence-electron chi connectivity index (χ2n) is 6.21. The van der Waals surface area contributed by atoms with E-state index in [0.717, 1.165) is 12.2 Å².